The van der Waals surface area contributed by atoms with E-state index in [4.69, 9.17) is 9.47 Å². The van der Waals surface area contributed by atoms with Crippen LogP contribution in [0.4, 0.5) is 15.8 Å². The molecule has 2 aromatic carbocycles. The topological polar surface area (TPSA) is 125 Å². The standard InChI is InChI=1S/C21H21FN2O7/c1-2-11-30-16-6-3-14(4-7-16)19(25)9-10-21(27)31-13-20(26)23-18-12-15(24(28)29)5-8-17(18)22/h3-8,12H,2,9-11,13H2,1H3,(H,23,26). The maximum absolute atomic E-state index is 13.7. The van der Waals surface area contributed by atoms with Crippen molar-refractivity contribution in [1.82, 2.24) is 0 Å². The summed E-state index contributed by atoms with van der Waals surface area (Å²) in [6, 6.07) is 9.17. The third-order valence-electron chi connectivity index (χ3n) is 4.00. The van der Waals surface area contributed by atoms with Crippen molar-refractivity contribution >= 4 is 29.0 Å². The first-order chi connectivity index (χ1) is 14.8. The average Bonchev–Trinajstić information content (AvgIpc) is 2.76. The molecule has 2 rings (SSSR count). The van der Waals surface area contributed by atoms with Gasteiger partial charge in [-0.25, -0.2) is 4.39 Å². The molecular formula is C21H21FN2O7. The number of carbonyl (C=O) groups is 3. The molecule has 0 spiro atoms. The van der Waals surface area contributed by atoms with E-state index in [9.17, 15) is 28.9 Å². The van der Waals surface area contributed by atoms with Crippen LogP contribution in [0.25, 0.3) is 0 Å². The van der Waals surface area contributed by atoms with Gasteiger partial charge in [0.15, 0.2) is 12.4 Å². The number of Topliss-reactive ketones (excluding diaryl/α,β-unsaturated/α-hetero) is 1. The first-order valence-electron chi connectivity index (χ1n) is 9.45. The molecule has 164 valence electrons. The molecular weight excluding hydrogens is 411 g/mol. The zero-order chi connectivity index (χ0) is 22.8. The number of amides is 1. The Bertz CT molecular complexity index is 961. The maximum Gasteiger partial charge on any atom is 0.306 e. The largest absolute Gasteiger partial charge is 0.494 e. The van der Waals surface area contributed by atoms with Crippen molar-refractivity contribution in [2.75, 3.05) is 18.5 Å². The van der Waals surface area contributed by atoms with Gasteiger partial charge in [-0.2, -0.15) is 0 Å². The van der Waals surface area contributed by atoms with Crippen LogP contribution < -0.4 is 10.1 Å². The fraction of sp³-hybridized carbons (Fsp3) is 0.286. The third-order valence-corrected chi connectivity index (χ3v) is 4.00. The molecule has 31 heavy (non-hydrogen) atoms. The van der Waals surface area contributed by atoms with E-state index in [1.54, 1.807) is 24.3 Å². The predicted molar refractivity (Wildman–Crippen MR) is 108 cm³/mol. The molecule has 0 fully saturated rings. The van der Waals surface area contributed by atoms with Crippen molar-refractivity contribution in [2.24, 2.45) is 0 Å². The summed E-state index contributed by atoms with van der Waals surface area (Å²) in [6.07, 6.45) is 0.502. The second-order valence-corrected chi connectivity index (χ2v) is 6.43. The Morgan fingerprint density at radius 2 is 1.81 bits per heavy atom. The van der Waals surface area contributed by atoms with Gasteiger partial charge in [-0.05, 0) is 36.8 Å². The lowest BCUT2D eigenvalue weighted by atomic mass is 10.1. The van der Waals surface area contributed by atoms with Crippen LogP contribution in [-0.4, -0.2) is 35.8 Å². The second-order valence-electron chi connectivity index (χ2n) is 6.43. The molecule has 0 saturated heterocycles. The molecule has 0 aromatic heterocycles. The van der Waals surface area contributed by atoms with Crippen LogP contribution in [0, 0.1) is 15.9 Å². The number of ether oxygens (including phenoxy) is 2. The highest BCUT2D eigenvalue weighted by Gasteiger charge is 2.15. The number of ketones is 1. The van der Waals surface area contributed by atoms with Gasteiger partial charge in [0.1, 0.15) is 11.6 Å². The van der Waals surface area contributed by atoms with Gasteiger partial charge in [-0.15, -0.1) is 0 Å². The summed E-state index contributed by atoms with van der Waals surface area (Å²) in [7, 11) is 0. The monoisotopic (exact) mass is 432 g/mol. The molecule has 0 bridgehead atoms. The van der Waals surface area contributed by atoms with Crippen LogP contribution in [0.2, 0.25) is 0 Å². The van der Waals surface area contributed by atoms with Crippen molar-refractivity contribution in [3.8, 4) is 5.75 Å². The summed E-state index contributed by atoms with van der Waals surface area (Å²) in [5.74, 6) is -2.17. The van der Waals surface area contributed by atoms with Gasteiger partial charge in [-0.1, -0.05) is 6.92 Å². The van der Waals surface area contributed by atoms with E-state index in [1.165, 1.54) is 0 Å². The van der Waals surface area contributed by atoms with Gasteiger partial charge in [0.2, 0.25) is 0 Å². The summed E-state index contributed by atoms with van der Waals surface area (Å²) < 4.78 is 23.9. The van der Waals surface area contributed by atoms with Gasteiger partial charge in [-0.3, -0.25) is 24.5 Å². The van der Waals surface area contributed by atoms with Crippen molar-refractivity contribution in [3.05, 3.63) is 64.0 Å². The number of nitro benzene ring substituents is 1. The predicted octanol–water partition coefficient (Wildman–Crippen LogP) is 3.67. The van der Waals surface area contributed by atoms with Crippen LogP contribution in [0.15, 0.2) is 42.5 Å². The van der Waals surface area contributed by atoms with Crippen molar-refractivity contribution in [2.45, 2.75) is 26.2 Å². The minimum Gasteiger partial charge on any atom is -0.494 e. The van der Waals surface area contributed by atoms with Gasteiger partial charge in [0.05, 0.1) is 23.6 Å². The van der Waals surface area contributed by atoms with Gasteiger partial charge in [0, 0.05) is 24.1 Å². The molecule has 0 radical (unpaired) electrons. The lowest BCUT2D eigenvalue weighted by molar-refractivity contribution is -0.384. The van der Waals surface area contributed by atoms with Crippen molar-refractivity contribution in [1.29, 1.82) is 0 Å². The Morgan fingerprint density at radius 3 is 2.45 bits per heavy atom. The number of carbonyl (C=O) groups excluding carboxylic acids is 3. The molecule has 0 saturated carbocycles. The Kier molecular flexibility index (Phi) is 8.62. The smallest absolute Gasteiger partial charge is 0.306 e. The van der Waals surface area contributed by atoms with Crippen molar-refractivity contribution in [3.63, 3.8) is 0 Å². The van der Waals surface area contributed by atoms with E-state index in [0.717, 1.165) is 24.6 Å². The number of nitro groups is 1. The van der Waals surface area contributed by atoms with Crippen LogP contribution in [0.1, 0.15) is 36.5 Å². The fourth-order valence-electron chi connectivity index (χ4n) is 2.44. The highest BCUT2D eigenvalue weighted by molar-refractivity contribution is 5.98. The van der Waals surface area contributed by atoms with Crippen molar-refractivity contribution < 1.29 is 33.2 Å². The van der Waals surface area contributed by atoms with E-state index in [-0.39, 0.29) is 18.6 Å². The molecule has 0 aliphatic rings. The lowest BCUT2D eigenvalue weighted by Gasteiger charge is -2.08. The molecule has 1 N–H and O–H groups in total. The van der Waals surface area contributed by atoms with E-state index >= 15 is 0 Å². The van der Waals surface area contributed by atoms with Crippen LogP contribution >= 0.6 is 0 Å². The molecule has 1 amide bonds. The Hall–Kier alpha value is -3.82. The minimum atomic E-state index is -0.873. The molecule has 0 aliphatic carbocycles. The number of hydrogen-bond acceptors (Lipinski definition) is 7. The van der Waals surface area contributed by atoms with Gasteiger partial charge in [0.25, 0.3) is 11.6 Å². The zero-order valence-electron chi connectivity index (χ0n) is 16.8. The zero-order valence-corrected chi connectivity index (χ0v) is 16.8. The molecule has 10 heteroatoms. The number of nitrogens with one attached hydrogen (secondary N) is 1. The number of nitrogens with zero attached hydrogens (tertiary/aromatic N) is 1. The molecule has 9 nitrogen and oxygen atoms in total. The van der Waals surface area contributed by atoms with Gasteiger partial charge < -0.3 is 14.8 Å². The second kappa shape index (κ2) is 11.4. The number of halogens is 1. The quantitative estimate of drug-likeness (QED) is 0.249. The molecule has 0 heterocycles. The van der Waals surface area contributed by atoms with Crippen LogP contribution in [0.5, 0.6) is 5.75 Å². The summed E-state index contributed by atoms with van der Waals surface area (Å²) >= 11 is 0. The number of non-ortho nitro benzene ring substituents is 1. The lowest BCUT2D eigenvalue weighted by Crippen LogP contribution is -2.21. The minimum absolute atomic E-state index is 0.116. The Balaban J connectivity index is 1.77. The van der Waals surface area contributed by atoms with Crippen LogP contribution in [-0.2, 0) is 14.3 Å². The number of anilines is 1. The highest BCUT2D eigenvalue weighted by atomic mass is 19.1. The summed E-state index contributed by atoms with van der Waals surface area (Å²) in [5, 5.41) is 12.8. The van der Waals surface area contributed by atoms with Gasteiger partial charge >= 0.3 is 5.97 Å². The average molecular weight is 432 g/mol. The normalized spacial score (nSPS) is 10.3. The first kappa shape index (κ1) is 23.5. The molecule has 0 unspecified atom stereocenters. The SMILES string of the molecule is CCCOc1ccc(C(=O)CCC(=O)OCC(=O)Nc2cc([N+](=O)[O-])ccc2F)cc1. The van der Waals surface area contributed by atoms with E-state index in [1.807, 2.05) is 6.92 Å². The van der Waals surface area contributed by atoms with E-state index < -0.39 is 40.6 Å². The number of rotatable bonds is 11. The number of benzene rings is 2. The molecule has 0 aliphatic heterocycles. The Labute approximate surface area is 177 Å². The molecule has 2 aromatic rings. The third kappa shape index (κ3) is 7.50. The number of esters is 1. The summed E-state index contributed by atoms with van der Waals surface area (Å²) in [6.45, 7) is 1.83. The van der Waals surface area contributed by atoms with E-state index in [2.05, 4.69) is 5.32 Å². The highest BCUT2D eigenvalue weighted by Crippen LogP contribution is 2.21. The first-order valence-corrected chi connectivity index (χ1v) is 9.45. The maximum atomic E-state index is 13.7. The summed E-state index contributed by atoms with van der Waals surface area (Å²) in [5.41, 5.74) is -0.399. The molecule has 0 atom stereocenters. The summed E-state index contributed by atoms with van der Waals surface area (Å²) in [4.78, 5) is 45.7. The Morgan fingerprint density at radius 1 is 1.10 bits per heavy atom. The van der Waals surface area contributed by atoms with E-state index in [0.29, 0.717) is 17.9 Å². The number of hydrogen-bond donors (Lipinski definition) is 1. The fourth-order valence-corrected chi connectivity index (χ4v) is 2.44. The van der Waals surface area contributed by atoms with Crippen LogP contribution in [0.3, 0.4) is 0 Å².